The number of aliphatic hydroxyl groups is 4. The fourth-order valence-electron chi connectivity index (χ4n) is 2.29. The first-order chi connectivity index (χ1) is 10.8. The van der Waals surface area contributed by atoms with Crippen LogP contribution in [0.4, 0.5) is 0 Å². The van der Waals surface area contributed by atoms with Gasteiger partial charge in [0.05, 0.1) is 0 Å². The van der Waals surface area contributed by atoms with Gasteiger partial charge in [-0.15, -0.1) is 0 Å². The van der Waals surface area contributed by atoms with Crippen molar-refractivity contribution >= 4 is 11.8 Å². The molecule has 0 saturated heterocycles. The Morgan fingerprint density at radius 2 is 1.17 bits per heavy atom. The highest BCUT2D eigenvalue weighted by atomic mass is 16.4. The SMILES string of the molecule is CCCCCCCCCCC(=O)[C@H](O)[C@@H](O)[C@H](O)[C@H](O)C(=O)O. The van der Waals surface area contributed by atoms with Crippen molar-refractivity contribution < 1.29 is 35.1 Å². The molecule has 0 aliphatic carbocycles. The zero-order valence-electron chi connectivity index (χ0n) is 13.7. The number of aliphatic carboxylic acids is 1. The van der Waals surface area contributed by atoms with Crippen molar-refractivity contribution in [2.75, 3.05) is 0 Å². The normalized spacial score (nSPS) is 16.6. The molecule has 136 valence electrons. The van der Waals surface area contributed by atoms with Crippen molar-refractivity contribution in [3.8, 4) is 0 Å². The minimum Gasteiger partial charge on any atom is -0.479 e. The highest BCUT2D eigenvalue weighted by Crippen LogP contribution is 2.12. The third kappa shape index (κ3) is 9.00. The summed E-state index contributed by atoms with van der Waals surface area (Å²) in [6, 6.07) is 0. The molecular weight excluding hydrogens is 304 g/mol. The van der Waals surface area contributed by atoms with Crippen LogP contribution in [-0.2, 0) is 9.59 Å². The van der Waals surface area contributed by atoms with E-state index in [9.17, 15) is 24.9 Å². The Morgan fingerprint density at radius 3 is 1.65 bits per heavy atom. The van der Waals surface area contributed by atoms with Crippen LogP contribution in [0.5, 0.6) is 0 Å². The van der Waals surface area contributed by atoms with Crippen LogP contribution in [0.25, 0.3) is 0 Å². The lowest BCUT2D eigenvalue weighted by atomic mass is 9.97. The zero-order chi connectivity index (χ0) is 17.8. The average Bonchev–Trinajstić information content (AvgIpc) is 2.54. The number of carboxylic acid groups (broad SMARTS) is 1. The molecule has 0 amide bonds. The second kappa shape index (κ2) is 12.4. The van der Waals surface area contributed by atoms with Crippen LogP contribution in [0.15, 0.2) is 0 Å². The fourth-order valence-corrected chi connectivity index (χ4v) is 2.29. The maximum Gasteiger partial charge on any atom is 0.335 e. The minimum atomic E-state index is -2.25. The molecular formula is C16H30O7. The van der Waals surface area contributed by atoms with E-state index in [-0.39, 0.29) is 6.42 Å². The van der Waals surface area contributed by atoms with E-state index >= 15 is 0 Å². The molecule has 0 aromatic carbocycles. The van der Waals surface area contributed by atoms with E-state index in [0.29, 0.717) is 6.42 Å². The first-order valence-corrected chi connectivity index (χ1v) is 8.30. The van der Waals surface area contributed by atoms with E-state index in [0.717, 1.165) is 19.3 Å². The van der Waals surface area contributed by atoms with Gasteiger partial charge in [-0.05, 0) is 6.42 Å². The summed E-state index contributed by atoms with van der Waals surface area (Å²) in [5.74, 6) is -2.40. The van der Waals surface area contributed by atoms with Gasteiger partial charge in [-0.3, -0.25) is 4.79 Å². The molecule has 0 aromatic rings. The van der Waals surface area contributed by atoms with Gasteiger partial charge in [0.25, 0.3) is 0 Å². The van der Waals surface area contributed by atoms with Crippen molar-refractivity contribution in [2.45, 2.75) is 89.1 Å². The Morgan fingerprint density at radius 1 is 0.739 bits per heavy atom. The number of ketones is 1. The Kier molecular flexibility index (Phi) is 11.9. The van der Waals surface area contributed by atoms with Gasteiger partial charge < -0.3 is 25.5 Å². The predicted molar refractivity (Wildman–Crippen MR) is 83.9 cm³/mol. The van der Waals surface area contributed by atoms with E-state index in [4.69, 9.17) is 10.2 Å². The average molecular weight is 334 g/mol. The van der Waals surface area contributed by atoms with E-state index in [1.165, 1.54) is 25.7 Å². The van der Waals surface area contributed by atoms with Crippen molar-refractivity contribution in [3.05, 3.63) is 0 Å². The maximum absolute atomic E-state index is 11.7. The minimum absolute atomic E-state index is 0.0447. The third-order valence-corrected chi connectivity index (χ3v) is 3.86. The molecule has 0 unspecified atom stereocenters. The van der Waals surface area contributed by atoms with Gasteiger partial charge >= 0.3 is 5.97 Å². The molecule has 0 heterocycles. The first kappa shape index (κ1) is 22.0. The molecule has 7 heteroatoms. The summed E-state index contributed by atoms with van der Waals surface area (Å²) in [5.41, 5.74) is 0. The lowest BCUT2D eigenvalue weighted by Crippen LogP contribution is -2.50. The molecule has 0 rings (SSSR count). The van der Waals surface area contributed by atoms with E-state index in [1.807, 2.05) is 0 Å². The highest BCUT2D eigenvalue weighted by Gasteiger charge is 2.36. The molecule has 0 bridgehead atoms. The molecule has 0 aromatic heterocycles. The number of hydrogen-bond donors (Lipinski definition) is 5. The number of carbonyl (C=O) groups excluding carboxylic acids is 1. The zero-order valence-corrected chi connectivity index (χ0v) is 13.7. The quantitative estimate of drug-likeness (QED) is 0.294. The summed E-state index contributed by atoms with van der Waals surface area (Å²) in [6.45, 7) is 2.15. The van der Waals surface area contributed by atoms with Crippen LogP contribution in [0.1, 0.15) is 64.7 Å². The Balaban J connectivity index is 3.95. The van der Waals surface area contributed by atoms with E-state index in [2.05, 4.69) is 6.92 Å². The molecule has 0 aliphatic heterocycles. The fraction of sp³-hybridized carbons (Fsp3) is 0.875. The second-order valence-corrected chi connectivity index (χ2v) is 5.90. The smallest absolute Gasteiger partial charge is 0.335 e. The number of unbranched alkanes of at least 4 members (excludes halogenated alkanes) is 7. The number of carboxylic acids is 1. The summed E-state index contributed by atoms with van der Waals surface area (Å²) >= 11 is 0. The third-order valence-electron chi connectivity index (χ3n) is 3.86. The van der Waals surface area contributed by atoms with Crippen molar-refractivity contribution in [3.63, 3.8) is 0 Å². The molecule has 0 fully saturated rings. The van der Waals surface area contributed by atoms with Gasteiger partial charge in [0.2, 0.25) is 0 Å². The van der Waals surface area contributed by atoms with Crippen LogP contribution < -0.4 is 0 Å². The Hall–Kier alpha value is -1.02. The maximum atomic E-state index is 11.7. The van der Waals surface area contributed by atoms with Crippen molar-refractivity contribution in [2.24, 2.45) is 0 Å². The van der Waals surface area contributed by atoms with E-state index < -0.39 is 36.2 Å². The number of carbonyl (C=O) groups is 2. The van der Waals surface area contributed by atoms with Crippen molar-refractivity contribution in [1.82, 2.24) is 0 Å². The molecule has 0 saturated carbocycles. The Bertz CT molecular complexity index is 345. The monoisotopic (exact) mass is 334 g/mol. The van der Waals surface area contributed by atoms with Gasteiger partial charge in [-0.25, -0.2) is 4.79 Å². The number of Topliss-reactive ketones (excluding diaryl/α,β-unsaturated/α-hetero) is 1. The summed E-state index contributed by atoms with van der Waals surface area (Å²) < 4.78 is 0. The first-order valence-electron chi connectivity index (χ1n) is 8.30. The van der Waals surface area contributed by atoms with E-state index in [1.54, 1.807) is 0 Å². The van der Waals surface area contributed by atoms with Crippen LogP contribution in [0, 0.1) is 0 Å². The molecule has 7 nitrogen and oxygen atoms in total. The molecule has 4 atom stereocenters. The lowest BCUT2D eigenvalue weighted by Gasteiger charge is -2.23. The highest BCUT2D eigenvalue weighted by molar-refractivity contribution is 5.83. The van der Waals surface area contributed by atoms with Gasteiger partial charge in [0.1, 0.15) is 18.3 Å². The van der Waals surface area contributed by atoms with Gasteiger partial charge in [0, 0.05) is 6.42 Å². The van der Waals surface area contributed by atoms with Crippen LogP contribution in [-0.4, -0.2) is 61.7 Å². The number of rotatable bonds is 14. The summed E-state index contributed by atoms with van der Waals surface area (Å²) in [6.07, 6.45) is 0.0417. The predicted octanol–water partition coefficient (Wildman–Crippen LogP) is 0.614. The number of hydrogen-bond acceptors (Lipinski definition) is 6. The molecule has 5 N–H and O–H groups in total. The molecule has 0 aliphatic rings. The van der Waals surface area contributed by atoms with Gasteiger partial charge in [0.15, 0.2) is 11.9 Å². The molecule has 0 radical (unpaired) electrons. The van der Waals surface area contributed by atoms with Crippen LogP contribution in [0.3, 0.4) is 0 Å². The van der Waals surface area contributed by atoms with Gasteiger partial charge in [-0.2, -0.15) is 0 Å². The second-order valence-electron chi connectivity index (χ2n) is 5.90. The molecule has 23 heavy (non-hydrogen) atoms. The number of aliphatic hydroxyl groups excluding tert-OH is 4. The van der Waals surface area contributed by atoms with Crippen LogP contribution in [0.2, 0.25) is 0 Å². The van der Waals surface area contributed by atoms with Crippen LogP contribution >= 0.6 is 0 Å². The largest absolute Gasteiger partial charge is 0.479 e. The molecule has 0 spiro atoms. The topological polar surface area (TPSA) is 135 Å². The summed E-state index contributed by atoms with van der Waals surface area (Å²) in [7, 11) is 0. The van der Waals surface area contributed by atoms with Gasteiger partial charge in [-0.1, -0.05) is 51.9 Å². The summed E-state index contributed by atoms with van der Waals surface area (Å²) in [5, 5.41) is 46.2. The standard InChI is InChI=1S/C16H30O7/c1-2-3-4-5-6-7-8-9-10-11(17)12(18)13(19)14(20)15(21)16(22)23/h12-15,18-21H,2-10H2,1H3,(H,22,23)/t12-,13+,14-,15-/m0/s1. The lowest BCUT2D eigenvalue weighted by molar-refractivity contribution is -0.165. The van der Waals surface area contributed by atoms with Crippen molar-refractivity contribution in [1.29, 1.82) is 0 Å². The Labute approximate surface area is 137 Å². The summed E-state index contributed by atoms with van der Waals surface area (Å²) in [4.78, 5) is 22.2.